The van der Waals surface area contributed by atoms with Crippen LogP contribution in [-0.2, 0) is 17.3 Å². The van der Waals surface area contributed by atoms with Gasteiger partial charge in [0.2, 0.25) is 5.82 Å². The van der Waals surface area contributed by atoms with Crippen molar-refractivity contribution in [2.75, 3.05) is 0 Å². The van der Waals surface area contributed by atoms with Crippen molar-refractivity contribution >= 4 is 17.6 Å². The number of carbonyl (C=O) groups is 1. The highest BCUT2D eigenvalue weighted by atomic mass is 35.5. The first kappa shape index (κ1) is 15.3. The normalized spacial score (nSPS) is 11.7. The first-order valence-electron chi connectivity index (χ1n) is 5.79. The molecule has 0 fully saturated rings. The van der Waals surface area contributed by atoms with Crippen molar-refractivity contribution in [3.05, 3.63) is 34.9 Å². The summed E-state index contributed by atoms with van der Waals surface area (Å²) >= 11 is 5.53. The van der Waals surface area contributed by atoms with Crippen LogP contribution in [0.25, 0.3) is 11.4 Å². The highest BCUT2D eigenvalue weighted by Crippen LogP contribution is 2.29. The van der Waals surface area contributed by atoms with Crippen molar-refractivity contribution < 1.29 is 23.1 Å². The van der Waals surface area contributed by atoms with Gasteiger partial charge in [0, 0.05) is 12.1 Å². The first-order valence-corrected chi connectivity index (χ1v) is 6.17. The Kier molecular flexibility index (Phi) is 3.91. The molecule has 9 heteroatoms. The van der Waals surface area contributed by atoms with Gasteiger partial charge in [-0.25, -0.2) is 18.9 Å². The van der Waals surface area contributed by atoms with E-state index in [0.717, 1.165) is 10.7 Å². The van der Waals surface area contributed by atoms with E-state index in [1.54, 1.807) is 0 Å². The van der Waals surface area contributed by atoms with E-state index in [1.807, 2.05) is 0 Å². The van der Waals surface area contributed by atoms with Crippen molar-refractivity contribution in [2.45, 2.75) is 19.4 Å². The second-order valence-corrected chi connectivity index (χ2v) is 4.49. The quantitative estimate of drug-likeness (QED) is 0.940. The molecule has 0 aliphatic heterocycles. The zero-order valence-electron chi connectivity index (χ0n) is 10.6. The molecule has 0 bridgehead atoms. The van der Waals surface area contributed by atoms with Gasteiger partial charge in [-0.05, 0) is 25.1 Å². The number of carboxylic acids is 1. The number of nitrogens with zero attached hydrogens (tertiary/aromatic N) is 3. The number of aromatic nitrogens is 3. The van der Waals surface area contributed by atoms with Gasteiger partial charge in [-0.1, -0.05) is 11.6 Å². The standard InChI is InChI=1S/C12H9ClF3N3O2/c1-2-19-10(12(15,16)11(20)21)17-9(18-19)6-3-4-7(13)8(14)5-6/h3-5H,2H2,1H3,(H,20,21). The number of aliphatic carboxylic acids is 1. The molecular formula is C12H9ClF3N3O2. The molecule has 5 nitrogen and oxygen atoms in total. The van der Waals surface area contributed by atoms with Gasteiger partial charge in [0.25, 0.3) is 0 Å². The second-order valence-electron chi connectivity index (χ2n) is 4.08. The molecule has 0 aliphatic carbocycles. The Balaban J connectivity index is 2.55. The summed E-state index contributed by atoms with van der Waals surface area (Å²) in [6, 6.07) is 3.57. The lowest BCUT2D eigenvalue weighted by Crippen LogP contribution is -2.29. The molecule has 0 aliphatic rings. The molecule has 2 aromatic rings. The smallest absolute Gasteiger partial charge is 0.400 e. The molecule has 112 valence electrons. The minimum absolute atomic E-state index is 0.0126. The summed E-state index contributed by atoms with van der Waals surface area (Å²) in [6.45, 7) is 1.49. The van der Waals surface area contributed by atoms with Crippen LogP contribution in [0, 0.1) is 5.82 Å². The lowest BCUT2D eigenvalue weighted by molar-refractivity contribution is -0.168. The highest BCUT2D eigenvalue weighted by molar-refractivity contribution is 6.30. The fraction of sp³-hybridized carbons (Fsp3) is 0.250. The molecule has 0 atom stereocenters. The number of hydrogen-bond donors (Lipinski definition) is 1. The number of alkyl halides is 2. The van der Waals surface area contributed by atoms with Crippen LogP contribution in [0.2, 0.25) is 5.02 Å². The zero-order chi connectivity index (χ0) is 15.8. The van der Waals surface area contributed by atoms with E-state index >= 15 is 0 Å². The summed E-state index contributed by atoms with van der Waals surface area (Å²) in [5.41, 5.74) is 0.117. The van der Waals surface area contributed by atoms with Crippen molar-refractivity contribution in [2.24, 2.45) is 0 Å². The maximum absolute atomic E-state index is 13.6. The van der Waals surface area contributed by atoms with Crippen molar-refractivity contribution in [3.8, 4) is 11.4 Å². The molecule has 1 aromatic heterocycles. The predicted molar refractivity (Wildman–Crippen MR) is 67.6 cm³/mol. The van der Waals surface area contributed by atoms with E-state index in [9.17, 15) is 18.0 Å². The molecule has 21 heavy (non-hydrogen) atoms. The van der Waals surface area contributed by atoms with Crippen molar-refractivity contribution in [3.63, 3.8) is 0 Å². The average Bonchev–Trinajstić information content (AvgIpc) is 2.86. The van der Waals surface area contributed by atoms with Crippen LogP contribution in [0.5, 0.6) is 0 Å². The van der Waals surface area contributed by atoms with Crippen LogP contribution < -0.4 is 0 Å². The van der Waals surface area contributed by atoms with E-state index in [4.69, 9.17) is 16.7 Å². The molecule has 0 amide bonds. The topological polar surface area (TPSA) is 68.0 Å². The number of rotatable bonds is 4. The van der Waals surface area contributed by atoms with Crippen molar-refractivity contribution in [1.29, 1.82) is 0 Å². The van der Waals surface area contributed by atoms with Gasteiger partial charge in [0.1, 0.15) is 5.82 Å². The van der Waals surface area contributed by atoms with Crippen molar-refractivity contribution in [1.82, 2.24) is 14.8 Å². The molecule has 2 rings (SSSR count). The Morgan fingerprint density at radius 1 is 1.48 bits per heavy atom. The van der Waals surface area contributed by atoms with E-state index in [0.29, 0.717) is 0 Å². The zero-order valence-corrected chi connectivity index (χ0v) is 11.4. The third kappa shape index (κ3) is 2.71. The van der Waals surface area contributed by atoms with Gasteiger partial charge in [0.15, 0.2) is 5.82 Å². The average molecular weight is 320 g/mol. The van der Waals surface area contributed by atoms with Crippen LogP contribution in [0.4, 0.5) is 13.2 Å². The van der Waals surface area contributed by atoms with E-state index in [-0.39, 0.29) is 23.0 Å². The maximum Gasteiger partial charge on any atom is 0.400 e. The SMILES string of the molecule is CCn1nc(-c2ccc(Cl)c(F)c2)nc1C(F)(F)C(=O)O. The van der Waals surface area contributed by atoms with E-state index in [2.05, 4.69) is 10.1 Å². The van der Waals surface area contributed by atoms with Crippen LogP contribution in [0.15, 0.2) is 18.2 Å². The third-order valence-electron chi connectivity index (χ3n) is 2.70. The maximum atomic E-state index is 13.6. The van der Waals surface area contributed by atoms with Gasteiger partial charge in [0.05, 0.1) is 5.02 Å². The van der Waals surface area contributed by atoms with Gasteiger partial charge in [-0.2, -0.15) is 13.9 Å². The lowest BCUT2D eigenvalue weighted by atomic mass is 10.2. The summed E-state index contributed by atoms with van der Waals surface area (Å²) in [7, 11) is 0. The Morgan fingerprint density at radius 2 is 2.14 bits per heavy atom. The molecule has 1 heterocycles. The Bertz CT molecular complexity index is 703. The molecule has 0 spiro atoms. The van der Waals surface area contributed by atoms with Crippen LogP contribution in [0.3, 0.4) is 0 Å². The second kappa shape index (κ2) is 5.36. The van der Waals surface area contributed by atoms with Gasteiger partial charge < -0.3 is 5.11 Å². The number of halogens is 4. The van der Waals surface area contributed by atoms with Gasteiger partial charge in [-0.15, -0.1) is 0 Å². The summed E-state index contributed by atoms with van der Waals surface area (Å²) < 4.78 is 41.3. The van der Waals surface area contributed by atoms with Crippen LogP contribution in [0.1, 0.15) is 12.7 Å². The highest BCUT2D eigenvalue weighted by Gasteiger charge is 2.46. The summed E-state index contributed by atoms with van der Waals surface area (Å²) in [5, 5.41) is 12.2. The first-order chi connectivity index (χ1) is 9.77. The monoisotopic (exact) mass is 319 g/mol. The summed E-state index contributed by atoms with van der Waals surface area (Å²) in [6.07, 6.45) is 0. The van der Waals surface area contributed by atoms with Crippen LogP contribution in [-0.4, -0.2) is 25.8 Å². The number of aryl methyl sites for hydroxylation is 1. The Hall–Kier alpha value is -2.09. The van der Waals surface area contributed by atoms with E-state index < -0.39 is 23.5 Å². The number of benzene rings is 1. The summed E-state index contributed by atoms with van der Waals surface area (Å²) in [4.78, 5) is 14.2. The van der Waals surface area contributed by atoms with Gasteiger partial charge >= 0.3 is 11.9 Å². The molecular weight excluding hydrogens is 311 g/mol. The summed E-state index contributed by atoms with van der Waals surface area (Å²) in [5.74, 6) is -8.50. The van der Waals surface area contributed by atoms with E-state index in [1.165, 1.54) is 19.1 Å². The molecule has 0 unspecified atom stereocenters. The van der Waals surface area contributed by atoms with Gasteiger partial charge in [-0.3, -0.25) is 0 Å². The minimum Gasteiger partial charge on any atom is -0.476 e. The lowest BCUT2D eigenvalue weighted by Gasteiger charge is -2.10. The molecule has 0 saturated carbocycles. The third-order valence-corrected chi connectivity index (χ3v) is 3.01. The Labute approximate surface area is 122 Å². The Morgan fingerprint density at radius 3 is 2.67 bits per heavy atom. The fourth-order valence-corrected chi connectivity index (χ4v) is 1.77. The predicted octanol–water partition coefficient (Wildman–Crippen LogP) is 2.93. The molecule has 1 aromatic carbocycles. The number of carboxylic acid groups (broad SMARTS) is 1. The van der Waals surface area contributed by atoms with Crippen LogP contribution >= 0.6 is 11.6 Å². The fourth-order valence-electron chi connectivity index (χ4n) is 1.65. The molecule has 0 radical (unpaired) electrons. The number of hydrogen-bond acceptors (Lipinski definition) is 3. The minimum atomic E-state index is -4.19. The molecule has 0 saturated heterocycles. The largest absolute Gasteiger partial charge is 0.476 e. The molecule has 1 N–H and O–H groups in total.